The third-order valence-corrected chi connectivity index (χ3v) is 7.17. The fraction of sp³-hybridized carbons (Fsp3) is 0.182. The van der Waals surface area contributed by atoms with Gasteiger partial charge in [-0.2, -0.15) is 0 Å². The number of halogens is 1. The van der Waals surface area contributed by atoms with E-state index in [1.54, 1.807) is 0 Å². The molecule has 25 heavy (non-hydrogen) atoms. The van der Waals surface area contributed by atoms with Crippen LogP contribution in [0.1, 0.15) is 6.92 Å². The Morgan fingerprint density at radius 3 is 1.24 bits per heavy atom. The molecule has 3 rings (SSSR count). The van der Waals surface area contributed by atoms with Crippen LogP contribution in [0.5, 0.6) is 0 Å². The van der Waals surface area contributed by atoms with Gasteiger partial charge in [-0.05, 0) is 29.8 Å². The number of hydrogen-bond donors (Lipinski definition) is 1. The van der Waals surface area contributed by atoms with Gasteiger partial charge in [0.1, 0.15) is 0 Å². The first kappa shape index (κ1) is 19.8. The number of alkyl halides is 1. The molecule has 0 aliphatic heterocycles. The van der Waals surface area contributed by atoms with Gasteiger partial charge in [0.2, 0.25) is 0 Å². The van der Waals surface area contributed by atoms with E-state index in [-0.39, 0.29) is 6.61 Å². The van der Waals surface area contributed by atoms with Crippen LogP contribution in [0.4, 0.5) is 0 Å². The molecule has 0 bridgehead atoms. The van der Waals surface area contributed by atoms with Crippen LogP contribution in [-0.2, 0) is 0 Å². The standard InChI is InChI=1S/C18H15P.C4H9BrO/c1-4-10-16(11-5-1)19(17-12-6-2-7-13-17)18-14-8-3-9-15-18;1-4(2-5)3-6/h1-15H;4,6H,2-3H2,1H3/t;4-/m.1/s1. The zero-order valence-electron chi connectivity index (χ0n) is 14.4. The number of rotatable bonds is 5. The van der Waals surface area contributed by atoms with Gasteiger partial charge in [0.25, 0.3) is 0 Å². The van der Waals surface area contributed by atoms with Crippen molar-refractivity contribution in [2.24, 2.45) is 5.92 Å². The molecule has 1 N–H and O–H groups in total. The predicted octanol–water partition coefficient (Wildman–Crippen LogP) is 4.45. The molecule has 0 spiro atoms. The second-order valence-electron chi connectivity index (χ2n) is 5.78. The lowest BCUT2D eigenvalue weighted by Gasteiger charge is -2.18. The average Bonchev–Trinajstić information content (AvgIpc) is 2.70. The van der Waals surface area contributed by atoms with E-state index in [1.807, 2.05) is 6.92 Å². The van der Waals surface area contributed by atoms with Gasteiger partial charge in [-0.3, -0.25) is 0 Å². The molecule has 0 heterocycles. The monoisotopic (exact) mass is 414 g/mol. The molecule has 3 heteroatoms. The molecule has 3 aromatic carbocycles. The summed E-state index contributed by atoms with van der Waals surface area (Å²) >= 11 is 3.21. The minimum absolute atomic E-state index is 0.283. The Morgan fingerprint density at radius 1 is 0.720 bits per heavy atom. The van der Waals surface area contributed by atoms with Crippen LogP contribution < -0.4 is 15.9 Å². The Morgan fingerprint density at radius 2 is 1.04 bits per heavy atom. The van der Waals surface area contributed by atoms with Crippen LogP contribution >= 0.6 is 23.9 Å². The molecule has 0 fully saturated rings. The van der Waals surface area contributed by atoms with Gasteiger partial charge in [0.15, 0.2) is 0 Å². The summed E-state index contributed by atoms with van der Waals surface area (Å²) in [6.45, 7) is 2.26. The summed E-state index contributed by atoms with van der Waals surface area (Å²) < 4.78 is 0. The van der Waals surface area contributed by atoms with Crippen LogP contribution in [0.3, 0.4) is 0 Å². The molecule has 0 radical (unpaired) electrons. The van der Waals surface area contributed by atoms with Crippen molar-refractivity contribution in [1.29, 1.82) is 0 Å². The molecular formula is C22H24BrOP. The van der Waals surface area contributed by atoms with Crippen molar-refractivity contribution >= 4 is 39.8 Å². The highest BCUT2D eigenvalue weighted by molar-refractivity contribution is 9.09. The van der Waals surface area contributed by atoms with Gasteiger partial charge >= 0.3 is 0 Å². The molecule has 0 aromatic heterocycles. The Balaban J connectivity index is 0.000000326. The lowest BCUT2D eigenvalue weighted by atomic mass is 10.2. The molecule has 3 aromatic rings. The van der Waals surface area contributed by atoms with Crippen molar-refractivity contribution < 1.29 is 5.11 Å². The quantitative estimate of drug-likeness (QED) is 0.482. The molecular weight excluding hydrogens is 391 g/mol. The van der Waals surface area contributed by atoms with Crippen LogP contribution in [0, 0.1) is 5.92 Å². The van der Waals surface area contributed by atoms with Crippen molar-refractivity contribution in [1.82, 2.24) is 0 Å². The molecule has 1 atom stereocenters. The molecule has 0 saturated carbocycles. The zero-order valence-corrected chi connectivity index (χ0v) is 16.9. The predicted molar refractivity (Wildman–Crippen MR) is 115 cm³/mol. The maximum Gasteiger partial charge on any atom is 0.0464 e. The fourth-order valence-corrected chi connectivity index (χ4v) is 4.74. The first-order valence-electron chi connectivity index (χ1n) is 8.38. The maximum atomic E-state index is 8.30. The summed E-state index contributed by atoms with van der Waals surface area (Å²) in [6, 6.07) is 32.3. The average molecular weight is 415 g/mol. The van der Waals surface area contributed by atoms with Gasteiger partial charge in [-0.25, -0.2) is 0 Å². The SMILES string of the molecule is C[C@@H](CO)CBr.c1ccc(P(c2ccccc2)c2ccccc2)cc1. The topological polar surface area (TPSA) is 20.2 Å². The fourth-order valence-electron chi connectivity index (χ4n) is 2.23. The van der Waals surface area contributed by atoms with E-state index in [1.165, 1.54) is 15.9 Å². The Kier molecular flexibility index (Phi) is 8.90. The van der Waals surface area contributed by atoms with E-state index in [0.717, 1.165) is 5.33 Å². The van der Waals surface area contributed by atoms with E-state index in [9.17, 15) is 0 Å². The molecule has 0 aliphatic rings. The van der Waals surface area contributed by atoms with Crippen LogP contribution in [0.2, 0.25) is 0 Å². The third-order valence-electron chi connectivity index (χ3n) is 3.62. The second kappa shape index (κ2) is 11.2. The Bertz CT molecular complexity index is 606. The highest BCUT2D eigenvalue weighted by Crippen LogP contribution is 2.32. The van der Waals surface area contributed by atoms with Crippen molar-refractivity contribution in [2.45, 2.75) is 6.92 Å². The number of aliphatic hydroxyl groups excluding tert-OH is 1. The number of aliphatic hydroxyl groups is 1. The molecule has 0 amide bonds. The van der Waals surface area contributed by atoms with Gasteiger partial charge < -0.3 is 5.11 Å². The van der Waals surface area contributed by atoms with Gasteiger partial charge in [0, 0.05) is 11.9 Å². The largest absolute Gasteiger partial charge is 0.396 e. The van der Waals surface area contributed by atoms with E-state index >= 15 is 0 Å². The second-order valence-corrected chi connectivity index (χ2v) is 8.65. The van der Waals surface area contributed by atoms with Gasteiger partial charge in [-0.1, -0.05) is 114 Å². The Labute approximate surface area is 160 Å². The van der Waals surface area contributed by atoms with E-state index in [2.05, 4.69) is 107 Å². The summed E-state index contributed by atoms with van der Waals surface area (Å²) in [7, 11) is -0.446. The lowest BCUT2D eigenvalue weighted by molar-refractivity contribution is 0.251. The minimum Gasteiger partial charge on any atom is -0.396 e. The lowest BCUT2D eigenvalue weighted by Crippen LogP contribution is -2.20. The van der Waals surface area contributed by atoms with Crippen LogP contribution in [-0.4, -0.2) is 17.0 Å². The highest BCUT2D eigenvalue weighted by Gasteiger charge is 2.14. The third kappa shape index (κ3) is 6.40. The maximum absolute atomic E-state index is 8.30. The summed E-state index contributed by atoms with van der Waals surface area (Å²) in [5, 5.41) is 13.4. The van der Waals surface area contributed by atoms with Gasteiger partial charge in [-0.15, -0.1) is 0 Å². The van der Waals surface area contributed by atoms with Crippen LogP contribution in [0.25, 0.3) is 0 Å². The highest BCUT2D eigenvalue weighted by atomic mass is 79.9. The number of hydrogen-bond acceptors (Lipinski definition) is 1. The smallest absolute Gasteiger partial charge is 0.0464 e. The zero-order chi connectivity index (χ0) is 17.9. The van der Waals surface area contributed by atoms with E-state index in [0.29, 0.717) is 5.92 Å². The van der Waals surface area contributed by atoms with E-state index in [4.69, 9.17) is 5.11 Å². The first-order chi connectivity index (χ1) is 12.3. The minimum atomic E-state index is -0.446. The van der Waals surface area contributed by atoms with Crippen LogP contribution in [0.15, 0.2) is 91.0 Å². The number of benzene rings is 3. The molecule has 0 unspecified atom stereocenters. The normalized spacial score (nSPS) is 11.5. The molecule has 0 saturated heterocycles. The molecule has 1 nitrogen and oxygen atoms in total. The summed E-state index contributed by atoms with van der Waals surface area (Å²) in [4.78, 5) is 0. The Hall–Kier alpha value is -1.47. The van der Waals surface area contributed by atoms with Gasteiger partial charge in [0.05, 0.1) is 0 Å². The van der Waals surface area contributed by atoms with Crippen molar-refractivity contribution in [2.75, 3.05) is 11.9 Å². The van der Waals surface area contributed by atoms with Crippen molar-refractivity contribution in [3.63, 3.8) is 0 Å². The molecule has 130 valence electrons. The van der Waals surface area contributed by atoms with E-state index < -0.39 is 7.92 Å². The summed E-state index contributed by atoms with van der Waals surface area (Å²) in [6.07, 6.45) is 0. The summed E-state index contributed by atoms with van der Waals surface area (Å²) in [5.74, 6) is 0.407. The molecule has 0 aliphatic carbocycles. The first-order valence-corrected chi connectivity index (χ1v) is 10.8. The van der Waals surface area contributed by atoms with Crippen molar-refractivity contribution in [3.05, 3.63) is 91.0 Å². The van der Waals surface area contributed by atoms with Crippen molar-refractivity contribution in [3.8, 4) is 0 Å². The summed E-state index contributed by atoms with van der Waals surface area (Å²) in [5.41, 5.74) is 0.